The van der Waals surface area contributed by atoms with E-state index in [0.29, 0.717) is 19.4 Å². The number of carboxylic acids is 1. The van der Waals surface area contributed by atoms with Gasteiger partial charge in [0.1, 0.15) is 12.1 Å². The van der Waals surface area contributed by atoms with E-state index in [2.05, 4.69) is 0 Å². The summed E-state index contributed by atoms with van der Waals surface area (Å²) in [6, 6.07) is 8.16. The average molecular weight is 360 g/mol. The Morgan fingerprint density at radius 1 is 1.19 bits per heavy atom. The third-order valence-electron chi connectivity index (χ3n) is 4.91. The van der Waals surface area contributed by atoms with Gasteiger partial charge in [-0.3, -0.25) is 9.69 Å². The number of carbonyl (C=O) groups is 3. The Labute approximate surface area is 152 Å². The molecule has 0 aliphatic carbocycles. The van der Waals surface area contributed by atoms with Crippen LogP contribution in [0.2, 0.25) is 0 Å². The Morgan fingerprint density at radius 2 is 1.85 bits per heavy atom. The van der Waals surface area contributed by atoms with Crippen molar-refractivity contribution in [2.75, 3.05) is 6.54 Å². The molecule has 7 heteroatoms. The monoisotopic (exact) mass is 360 g/mol. The van der Waals surface area contributed by atoms with E-state index in [9.17, 15) is 19.5 Å². The van der Waals surface area contributed by atoms with Crippen LogP contribution in [0.25, 0.3) is 0 Å². The molecule has 26 heavy (non-hydrogen) atoms. The van der Waals surface area contributed by atoms with E-state index in [-0.39, 0.29) is 11.9 Å². The third kappa shape index (κ3) is 3.13. The molecule has 2 fully saturated rings. The van der Waals surface area contributed by atoms with Crippen LogP contribution in [0.1, 0.15) is 45.2 Å². The van der Waals surface area contributed by atoms with Crippen molar-refractivity contribution < 1.29 is 24.2 Å². The molecule has 1 unspecified atom stereocenters. The van der Waals surface area contributed by atoms with Crippen LogP contribution in [-0.2, 0) is 14.3 Å². The van der Waals surface area contributed by atoms with Crippen molar-refractivity contribution in [2.24, 2.45) is 0 Å². The molecule has 0 aromatic heterocycles. The maximum atomic E-state index is 12.7. The first-order valence-electron chi connectivity index (χ1n) is 8.80. The predicted molar refractivity (Wildman–Crippen MR) is 93.4 cm³/mol. The maximum absolute atomic E-state index is 12.7. The van der Waals surface area contributed by atoms with Gasteiger partial charge in [-0.05, 0) is 39.2 Å². The van der Waals surface area contributed by atoms with E-state index in [1.165, 1.54) is 4.90 Å². The second kappa shape index (κ2) is 6.63. The van der Waals surface area contributed by atoms with Gasteiger partial charge in [-0.25, -0.2) is 9.59 Å². The molecule has 1 aromatic rings. The number of hydrogen-bond acceptors (Lipinski definition) is 4. The van der Waals surface area contributed by atoms with Crippen molar-refractivity contribution in [1.29, 1.82) is 0 Å². The van der Waals surface area contributed by atoms with Crippen LogP contribution in [0.4, 0.5) is 4.79 Å². The predicted octanol–water partition coefficient (Wildman–Crippen LogP) is 2.42. The number of ether oxygens (including phenoxy) is 1. The van der Waals surface area contributed by atoms with Crippen LogP contribution >= 0.6 is 0 Å². The number of benzene rings is 1. The number of carboxylic acid groups (broad SMARTS) is 1. The summed E-state index contributed by atoms with van der Waals surface area (Å²) >= 11 is 0. The molecule has 1 aromatic carbocycles. The van der Waals surface area contributed by atoms with Crippen LogP contribution in [0.15, 0.2) is 30.3 Å². The number of aliphatic carboxylic acids is 1. The van der Waals surface area contributed by atoms with E-state index >= 15 is 0 Å². The second-order valence-corrected chi connectivity index (χ2v) is 7.73. The van der Waals surface area contributed by atoms with E-state index in [1.807, 2.05) is 51.1 Å². The van der Waals surface area contributed by atoms with Crippen molar-refractivity contribution >= 4 is 18.0 Å². The van der Waals surface area contributed by atoms with Gasteiger partial charge in [-0.15, -0.1) is 0 Å². The van der Waals surface area contributed by atoms with Crippen molar-refractivity contribution in [3.8, 4) is 0 Å². The summed E-state index contributed by atoms with van der Waals surface area (Å²) in [5.41, 5.74) is 0.466. The molecule has 3 rings (SSSR count). The molecular weight excluding hydrogens is 336 g/mol. The molecule has 0 saturated carbocycles. The summed E-state index contributed by atoms with van der Waals surface area (Å²) < 4.78 is 5.49. The molecule has 2 aliphatic heterocycles. The number of rotatable bonds is 3. The molecule has 2 heterocycles. The van der Waals surface area contributed by atoms with Gasteiger partial charge in [-0.2, -0.15) is 0 Å². The third-order valence-corrected chi connectivity index (χ3v) is 4.91. The zero-order valence-electron chi connectivity index (χ0n) is 15.2. The van der Waals surface area contributed by atoms with Gasteiger partial charge in [0.2, 0.25) is 6.10 Å². The minimum Gasteiger partial charge on any atom is -0.480 e. The molecule has 1 N–H and O–H groups in total. The highest BCUT2D eigenvalue weighted by Gasteiger charge is 2.55. The zero-order valence-corrected chi connectivity index (χ0v) is 15.2. The normalized spacial score (nSPS) is 25.8. The van der Waals surface area contributed by atoms with Gasteiger partial charge >= 0.3 is 12.1 Å². The van der Waals surface area contributed by atoms with Crippen molar-refractivity contribution in [1.82, 2.24) is 9.80 Å². The lowest BCUT2D eigenvalue weighted by atomic mass is 9.85. The average Bonchev–Trinajstić information content (AvgIpc) is 3.06. The summed E-state index contributed by atoms with van der Waals surface area (Å²) in [4.78, 5) is 39.4. The minimum atomic E-state index is -1.05. The van der Waals surface area contributed by atoms with Crippen molar-refractivity contribution in [3.63, 3.8) is 0 Å². The largest absolute Gasteiger partial charge is 0.480 e. The Morgan fingerprint density at radius 3 is 2.42 bits per heavy atom. The van der Waals surface area contributed by atoms with E-state index in [4.69, 9.17) is 4.74 Å². The number of amides is 2. The van der Waals surface area contributed by atoms with Gasteiger partial charge in [0, 0.05) is 12.1 Å². The fourth-order valence-corrected chi connectivity index (χ4v) is 3.72. The lowest BCUT2D eigenvalue weighted by Gasteiger charge is -2.53. The van der Waals surface area contributed by atoms with Crippen molar-refractivity contribution in [2.45, 2.75) is 57.3 Å². The molecule has 2 saturated heterocycles. The van der Waals surface area contributed by atoms with Gasteiger partial charge in [0.15, 0.2) is 0 Å². The van der Waals surface area contributed by atoms with Gasteiger partial charge in [0.05, 0.1) is 0 Å². The SMILES string of the molecule is CC(C)(C)N1C(=O)[C@H](OC(=O)N2CCCC2C(=O)O)[C@@H]1c1ccccc1. The first-order chi connectivity index (χ1) is 12.2. The summed E-state index contributed by atoms with van der Waals surface area (Å²) in [7, 11) is 0. The molecule has 140 valence electrons. The first-order valence-corrected chi connectivity index (χ1v) is 8.80. The fourth-order valence-electron chi connectivity index (χ4n) is 3.72. The number of carbonyl (C=O) groups excluding carboxylic acids is 2. The number of β-lactam (4-membered cyclic amide) rings is 1. The summed E-state index contributed by atoms with van der Waals surface area (Å²) in [6.45, 7) is 6.12. The highest BCUT2D eigenvalue weighted by Crippen LogP contribution is 2.42. The molecule has 3 atom stereocenters. The van der Waals surface area contributed by atoms with Crippen LogP contribution in [0.3, 0.4) is 0 Å². The standard InChI is InChI=1S/C19H24N2O5/c1-19(2,3)21-14(12-8-5-4-6-9-12)15(16(21)22)26-18(25)20-11-7-10-13(20)17(23)24/h4-6,8-9,13-15H,7,10-11H2,1-3H3,(H,23,24)/t13?,14-,15+/m0/s1. The second-order valence-electron chi connectivity index (χ2n) is 7.73. The Hall–Kier alpha value is -2.57. The van der Waals surface area contributed by atoms with Crippen LogP contribution < -0.4 is 0 Å². The molecule has 2 amide bonds. The molecule has 7 nitrogen and oxygen atoms in total. The maximum Gasteiger partial charge on any atom is 0.411 e. The number of likely N-dealkylation sites (tertiary alicyclic amines) is 2. The smallest absolute Gasteiger partial charge is 0.411 e. The van der Waals surface area contributed by atoms with Gasteiger partial charge in [-0.1, -0.05) is 30.3 Å². The lowest BCUT2D eigenvalue weighted by Crippen LogP contribution is -2.66. The molecule has 0 bridgehead atoms. The molecule has 0 radical (unpaired) electrons. The summed E-state index contributed by atoms with van der Waals surface area (Å²) in [5.74, 6) is -1.30. The summed E-state index contributed by atoms with van der Waals surface area (Å²) in [5, 5.41) is 9.24. The quantitative estimate of drug-likeness (QED) is 0.837. The molecule has 2 aliphatic rings. The highest BCUT2D eigenvalue weighted by atomic mass is 16.6. The lowest BCUT2D eigenvalue weighted by molar-refractivity contribution is -0.179. The number of hydrogen-bond donors (Lipinski definition) is 1. The van der Waals surface area contributed by atoms with Crippen LogP contribution in [0, 0.1) is 0 Å². The van der Waals surface area contributed by atoms with Crippen LogP contribution in [0.5, 0.6) is 0 Å². The fraction of sp³-hybridized carbons (Fsp3) is 0.526. The van der Waals surface area contributed by atoms with Gasteiger partial charge in [0.25, 0.3) is 5.91 Å². The molecular formula is C19H24N2O5. The van der Waals surface area contributed by atoms with Crippen molar-refractivity contribution in [3.05, 3.63) is 35.9 Å². The zero-order chi connectivity index (χ0) is 19.1. The Kier molecular flexibility index (Phi) is 4.64. The summed E-state index contributed by atoms with van der Waals surface area (Å²) in [6.07, 6.45) is -0.651. The topological polar surface area (TPSA) is 87.2 Å². The Bertz CT molecular complexity index is 712. The van der Waals surface area contributed by atoms with Gasteiger partial charge < -0.3 is 14.7 Å². The van der Waals surface area contributed by atoms with E-state index in [1.54, 1.807) is 4.90 Å². The van der Waals surface area contributed by atoms with E-state index in [0.717, 1.165) is 5.56 Å². The molecule has 0 spiro atoms. The number of nitrogens with zero attached hydrogens (tertiary/aromatic N) is 2. The van der Waals surface area contributed by atoms with E-state index < -0.39 is 29.7 Å². The Balaban J connectivity index is 1.81. The van der Waals surface area contributed by atoms with Crippen LogP contribution in [-0.4, -0.2) is 57.1 Å². The minimum absolute atomic E-state index is 0.259. The first kappa shape index (κ1) is 18.2. The highest BCUT2D eigenvalue weighted by molar-refractivity contribution is 5.92.